The molecule has 2 saturated heterocycles. The first-order valence-corrected chi connectivity index (χ1v) is 14.3. The number of ether oxygens (including phenoxy) is 3. The molecular weight excluding hydrogens is 548 g/mol. The minimum atomic E-state index is -4.13. The van der Waals surface area contributed by atoms with Gasteiger partial charge in [0, 0.05) is 51.8 Å². The smallest absolute Gasteiger partial charge is 0.303 e. The van der Waals surface area contributed by atoms with Crippen molar-refractivity contribution in [1.82, 2.24) is 18.4 Å². The average molecular weight is 580 g/mol. The Kier molecular flexibility index (Phi) is 8.21. The molecule has 0 bridgehead atoms. The lowest BCUT2D eigenvalue weighted by Crippen LogP contribution is -2.43. The molecular formula is C26H31F2N5O6S. The number of amides is 1. The fourth-order valence-electron chi connectivity index (χ4n) is 4.93. The Morgan fingerprint density at radius 1 is 1.30 bits per heavy atom. The lowest BCUT2D eigenvalue weighted by atomic mass is 10.0. The van der Waals surface area contributed by atoms with Gasteiger partial charge in [-0.2, -0.15) is 12.7 Å². The summed E-state index contributed by atoms with van der Waals surface area (Å²) in [6, 6.07) is 7.06. The highest BCUT2D eigenvalue weighted by Gasteiger charge is 2.36. The van der Waals surface area contributed by atoms with E-state index in [0.717, 1.165) is 4.31 Å². The molecule has 2 fully saturated rings. The van der Waals surface area contributed by atoms with Crippen LogP contribution in [0.15, 0.2) is 42.7 Å². The van der Waals surface area contributed by atoms with Gasteiger partial charge in [-0.25, -0.2) is 18.5 Å². The molecule has 11 nitrogen and oxygen atoms in total. The van der Waals surface area contributed by atoms with Gasteiger partial charge in [0.15, 0.2) is 0 Å². The van der Waals surface area contributed by atoms with Crippen LogP contribution in [0.4, 0.5) is 14.5 Å². The third-order valence-electron chi connectivity index (χ3n) is 7.06. The second-order valence-corrected chi connectivity index (χ2v) is 11.6. The summed E-state index contributed by atoms with van der Waals surface area (Å²) < 4.78 is 75.3. The molecule has 2 aliphatic heterocycles. The molecule has 3 atom stereocenters. The molecule has 0 saturated carbocycles. The van der Waals surface area contributed by atoms with Gasteiger partial charge in [-0.1, -0.05) is 0 Å². The van der Waals surface area contributed by atoms with E-state index >= 15 is 0 Å². The van der Waals surface area contributed by atoms with Crippen LogP contribution in [0.1, 0.15) is 34.9 Å². The van der Waals surface area contributed by atoms with Crippen molar-refractivity contribution in [3.63, 3.8) is 0 Å². The highest BCUT2D eigenvalue weighted by atomic mass is 32.2. The number of benzene rings is 1. The van der Waals surface area contributed by atoms with Gasteiger partial charge in [0.1, 0.15) is 35.2 Å². The maximum absolute atomic E-state index is 14.9. The largest absolute Gasteiger partial charge is 0.488 e. The number of carbonyl (C=O) groups excluding carboxylic acids is 1. The number of pyridine rings is 1. The van der Waals surface area contributed by atoms with Gasteiger partial charge in [0.25, 0.3) is 5.91 Å². The molecule has 5 rings (SSSR count). The summed E-state index contributed by atoms with van der Waals surface area (Å²) in [7, 11) is -1.36. The number of likely N-dealkylation sites (N-methyl/N-ethyl adjacent to an activating group) is 1. The fourth-order valence-corrected chi connectivity index (χ4v) is 5.74. The van der Waals surface area contributed by atoms with Crippen LogP contribution in [0.25, 0.3) is 5.65 Å². The van der Waals surface area contributed by atoms with E-state index in [4.69, 9.17) is 14.2 Å². The predicted molar refractivity (Wildman–Crippen MR) is 142 cm³/mol. The summed E-state index contributed by atoms with van der Waals surface area (Å²) >= 11 is 0. The van der Waals surface area contributed by atoms with E-state index in [-0.39, 0.29) is 37.9 Å². The van der Waals surface area contributed by atoms with E-state index < -0.39 is 34.1 Å². The number of anilines is 1. The number of alkyl halides is 1. The summed E-state index contributed by atoms with van der Waals surface area (Å²) in [5.41, 5.74) is 1.43. The highest BCUT2D eigenvalue weighted by Crippen LogP contribution is 2.42. The third-order valence-corrected chi connectivity index (χ3v) is 8.51. The van der Waals surface area contributed by atoms with Crippen LogP contribution in [0.3, 0.4) is 0 Å². The summed E-state index contributed by atoms with van der Waals surface area (Å²) in [6.45, 7) is 1.25. The van der Waals surface area contributed by atoms with Gasteiger partial charge in [0.05, 0.1) is 37.7 Å². The van der Waals surface area contributed by atoms with E-state index in [1.807, 2.05) is 4.72 Å². The van der Waals surface area contributed by atoms with Crippen LogP contribution in [0.2, 0.25) is 0 Å². The fraction of sp³-hybridized carbons (Fsp3) is 0.462. The molecule has 0 spiro atoms. The van der Waals surface area contributed by atoms with Crippen molar-refractivity contribution in [3.05, 3.63) is 59.8 Å². The quantitative estimate of drug-likeness (QED) is 0.390. The van der Waals surface area contributed by atoms with E-state index in [0.29, 0.717) is 42.3 Å². The van der Waals surface area contributed by atoms with Crippen LogP contribution in [0, 0.1) is 5.82 Å². The van der Waals surface area contributed by atoms with Crippen LogP contribution in [-0.4, -0.2) is 87.4 Å². The van der Waals surface area contributed by atoms with Gasteiger partial charge in [-0.15, -0.1) is 0 Å². The molecule has 0 unspecified atom stereocenters. The number of hydrogen-bond donors (Lipinski definition) is 1. The van der Waals surface area contributed by atoms with Gasteiger partial charge >= 0.3 is 10.2 Å². The van der Waals surface area contributed by atoms with Gasteiger partial charge in [-0.05, 0) is 30.3 Å². The molecule has 1 aromatic carbocycles. The maximum Gasteiger partial charge on any atom is 0.303 e. The highest BCUT2D eigenvalue weighted by molar-refractivity contribution is 7.87. The number of halogens is 2. The number of imidazole rings is 1. The number of aromatic nitrogens is 2. The van der Waals surface area contributed by atoms with Crippen molar-refractivity contribution < 1.29 is 36.2 Å². The normalized spacial score (nSPS) is 21.4. The number of nitrogens with one attached hydrogen (secondary N) is 1. The Hall–Kier alpha value is -3.33. The lowest BCUT2D eigenvalue weighted by Gasteiger charge is -2.29. The number of nitrogens with zero attached hydrogens (tertiary/aromatic N) is 4. The van der Waals surface area contributed by atoms with Crippen molar-refractivity contribution in [1.29, 1.82) is 0 Å². The second kappa shape index (κ2) is 11.6. The molecule has 0 aliphatic carbocycles. The van der Waals surface area contributed by atoms with Crippen LogP contribution in [-0.2, 0) is 19.7 Å². The first-order chi connectivity index (χ1) is 19.2. The topological polar surface area (TPSA) is 115 Å². The maximum atomic E-state index is 14.9. The standard InChI is InChI=1S/C26H31F2N5O6S/c1-31(8-10-37-2)40(35,36)30-26(34)23-13-29-25-6-4-19(15-33(23)25)32-14-18(28)12-22(32)21-11-17(27)3-5-24(21)39-20-7-9-38-16-20/h3-6,11,13,15,18,20,22H,7-10,12,14,16H2,1-2H3,(H,30,34)/t18-,20+,22+/m0/s1. The Labute approximate surface area is 230 Å². The van der Waals surface area contributed by atoms with E-state index in [1.54, 1.807) is 29.3 Å². The van der Waals surface area contributed by atoms with Crippen molar-refractivity contribution >= 4 is 27.5 Å². The zero-order chi connectivity index (χ0) is 28.4. The summed E-state index contributed by atoms with van der Waals surface area (Å²) in [5, 5.41) is 0. The summed E-state index contributed by atoms with van der Waals surface area (Å²) in [5.74, 6) is -0.879. The molecule has 40 heavy (non-hydrogen) atoms. The molecule has 2 aromatic heterocycles. The number of methoxy groups -OCH3 is 1. The number of rotatable bonds is 10. The van der Waals surface area contributed by atoms with Crippen molar-refractivity contribution in [2.45, 2.75) is 31.2 Å². The van der Waals surface area contributed by atoms with Gasteiger partial charge in [0.2, 0.25) is 0 Å². The molecule has 216 valence electrons. The first-order valence-electron chi connectivity index (χ1n) is 12.9. The van der Waals surface area contributed by atoms with Gasteiger partial charge < -0.3 is 19.1 Å². The molecule has 14 heteroatoms. The molecule has 1 N–H and O–H groups in total. The number of carbonyl (C=O) groups is 1. The zero-order valence-electron chi connectivity index (χ0n) is 22.1. The number of hydrogen-bond acceptors (Lipinski definition) is 8. The molecule has 4 heterocycles. The Bertz CT molecular complexity index is 1480. The average Bonchev–Trinajstić information content (AvgIpc) is 3.67. The summed E-state index contributed by atoms with van der Waals surface area (Å²) in [6.07, 6.45) is 2.31. The Morgan fingerprint density at radius 3 is 2.88 bits per heavy atom. The van der Waals surface area contributed by atoms with E-state index in [1.165, 1.54) is 36.9 Å². The molecule has 1 amide bonds. The molecule has 0 radical (unpaired) electrons. The molecule has 3 aromatic rings. The minimum Gasteiger partial charge on any atom is -0.488 e. The lowest BCUT2D eigenvalue weighted by molar-refractivity contribution is 0.0973. The Morgan fingerprint density at radius 2 is 2.12 bits per heavy atom. The van der Waals surface area contributed by atoms with Gasteiger partial charge in [-0.3, -0.25) is 9.20 Å². The molecule has 2 aliphatic rings. The predicted octanol–water partition coefficient (Wildman–Crippen LogP) is 2.48. The Balaban J connectivity index is 1.44. The van der Waals surface area contributed by atoms with Crippen molar-refractivity contribution in [2.75, 3.05) is 52.0 Å². The second-order valence-electron chi connectivity index (χ2n) is 9.80. The monoisotopic (exact) mass is 579 g/mol. The number of fused-ring (bicyclic) bond motifs is 1. The minimum absolute atomic E-state index is 0.0240. The van der Waals surface area contributed by atoms with Crippen molar-refractivity contribution in [2.24, 2.45) is 0 Å². The summed E-state index contributed by atoms with van der Waals surface area (Å²) in [4.78, 5) is 19.0. The SMILES string of the molecule is COCCN(C)S(=O)(=O)NC(=O)c1cnc2ccc(N3C[C@@H](F)C[C@@H]3c3cc(F)ccc3O[C@@H]3CCOC3)cn12. The van der Waals surface area contributed by atoms with Crippen LogP contribution < -0.4 is 14.4 Å². The van der Waals surface area contributed by atoms with Crippen LogP contribution in [0.5, 0.6) is 5.75 Å². The van der Waals surface area contributed by atoms with E-state index in [2.05, 4.69) is 4.98 Å². The van der Waals surface area contributed by atoms with E-state index in [9.17, 15) is 22.0 Å². The zero-order valence-corrected chi connectivity index (χ0v) is 22.9. The first kappa shape index (κ1) is 28.2. The third kappa shape index (κ3) is 5.89. The van der Waals surface area contributed by atoms with Crippen molar-refractivity contribution in [3.8, 4) is 5.75 Å². The van der Waals surface area contributed by atoms with Crippen LogP contribution >= 0.6 is 0 Å².